The molecule has 36 heavy (non-hydrogen) atoms. The zero-order valence-corrected chi connectivity index (χ0v) is 22.4. The predicted molar refractivity (Wildman–Crippen MR) is 144 cm³/mol. The van der Waals surface area contributed by atoms with Gasteiger partial charge >= 0.3 is 0 Å². The molecule has 0 radical (unpaired) electrons. The monoisotopic (exact) mass is 495 g/mol. The van der Waals surface area contributed by atoms with Crippen LogP contribution in [0.3, 0.4) is 0 Å². The highest BCUT2D eigenvalue weighted by molar-refractivity contribution is 5.83. The van der Waals surface area contributed by atoms with E-state index >= 15 is 0 Å². The Kier molecular flexibility index (Phi) is 7.23. The third-order valence-electron chi connectivity index (χ3n) is 9.70. The number of nitrogens with one attached hydrogen (secondary N) is 3. The van der Waals surface area contributed by atoms with Crippen molar-refractivity contribution in [3.63, 3.8) is 0 Å². The van der Waals surface area contributed by atoms with E-state index in [2.05, 4.69) is 53.9 Å². The zero-order valence-electron chi connectivity index (χ0n) is 22.4. The minimum Gasteiger partial charge on any atom is -0.390 e. The Bertz CT molecular complexity index is 1050. The highest BCUT2D eigenvalue weighted by atomic mass is 16.5. The number of aromatic amines is 1. The van der Waals surface area contributed by atoms with E-state index in [1.807, 2.05) is 13.0 Å². The van der Waals surface area contributed by atoms with Gasteiger partial charge in [-0.25, -0.2) is 0 Å². The number of fused-ring (bicyclic) bond motifs is 2. The van der Waals surface area contributed by atoms with Gasteiger partial charge in [-0.15, -0.1) is 0 Å². The van der Waals surface area contributed by atoms with E-state index in [4.69, 9.17) is 4.74 Å². The van der Waals surface area contributed by atoms with Crippen molar-refractivity contribution >= 4 is 16.8 Å². The van der Waals surface area contributed by atoms with E-state index in [-0.39, 0.29) is 16.7 Å². The summed E-state index contributed by atoms with van der Waals surface area (Å²) < 4.78 is 5.60. The fourth-order valence-corrected chi connectivity index (χ4v) is 7.72. The number of aromatic nitrogens is 1. The third-order valence-corrected chi connectivity index (χ3v) is 9.70. The van der Waals surface area contributed by atoms with Gasteiger partial charge in [-0.05, 0) is 86.7 Å². The molecule has 0 spiro atoms. The van der Waals surface area contributed by atoms with E-state index in [9.17, 15) is 9.90 Å². The van der Waals surface area contributed by atoms with E-state index in [0.717, 1.165) is 70.1 Å². The van der Waals surface area contributed by atoms with Gasteiger partial charge in [0.15, 0.2) is 0 Å². The number of benzene rings is 1. The number of ether oxygens (including phenoxy) is 1. The zero-order chi connectivity index (χ0) is 25.4. The molecular formula is C30H45N3O3. The van der Waals surface area contributed by atoms with Crippen molar-refractivity contribution in [3.05, 3.63) is 36.0 Å². The average molecular weight is 496 g/mol. The molecule has 1 saturated heterocycles. The van der Waals surface area contributed by atoms with Gasteiger partial charge in [-0.3, -0.25) is 4.79 Å². The highest BCUT2D eigenvalue weighted by Crippen LogP contribution is 2.64. The third kappa shape index (κ3) is 5.23. The molecule has 3 fully saturated rings. The molecule has 3 aliphatic rings. The molecule has 0 unspecified atom stereocenters. The topological polar surface area (TPSA) is 86.4 Å². The van der Waals surface area contributed by atoms with Crippen molar-refractivity contribution in [3.8, 4) is 0 Å². The van der Waals surface area contributed by atoms with E-state index < -0.39 is 5.60 Å². The maximum atomic E-state index is 13.0. The predicted octanol–water partition coefficient (Wildman–Crippen LogP) is 4.71. The van der Waals surface area contributed by atoms with Gasteiger partial charge in [-0.2, -0.15) is 0 Å². The first-order chi connectivity index (χ1) is 17.2. The van der Waals surface area contributed by atoms with Gasteiger partial charge in [0.1, 0.15) is 0 Å². The van der Waals surface area contributed by atoms with Crippen LogP contribution in [0.5, 0.6) is 0 Å². The molecule has 1 aromatic heterocycles. The van der Waals surface area contributed by atoms with Crippen molar-refractivity contribution in [2.75, 3.05) is 19.8 Å². The molecule has 2 heterocycles. The largest absolute Gasteiger partial charge is 0.390 e. The van der Waals surface area contributed by atoms with Crippen LogP contribution in [-0.4, -0.2) is 53.4 Å². The number of amides is 1. The van der Waals surface area contributed by atoms with Crippen LogP contribution in [0.4, 0.5) is 0 Å². The summed E-state index contributed by atoms with van der Waals surface area (Å²) >= 11 is 0. The molecule has 4 atom stereocenters. The molecule has 4 N–H and O–H groups in total. The number of para-hydroxylation sites is 1. The van der Waals surface area contributed by atoms with Crippen LogP contribution >= 0.6 is 0 Å². The Labute approximate surface area is 216 Å². The van der Waals surface area contributed by atoms with Crippen LogP contribution in [0, 0.1) is 16.7 Å². The minimum absolute atomic E-state index is 0.0538. The van der Waals surface area contributed by atoms with Crippen molar-refractivity contribution in [2.45, 2.75) is 96.2 Å². The lowest BCUT2D eigenvalue weighted by Crippen LogP contribution is -2.54. The average Bonchev–Trinajstić information content (AvgIpc) is 3.35. The van der Waals surface area contributed by atoms with E-state index in [1.54, 1.807) is 0 Å². The first-order valence-electron chi connectivity index (χ1n) is 14.1. The number of hydrogen-bond donors (Lipinski definition) is 4. The molecule has 198 valence electrons. The van der Waals surface area contributed by atoms with Crippen molar-refractivity contribution in [1.29, 1.82) is 0 Å². The van der Waals surface area contributed by atoms with Crippen LogP contribution in [0.15, 0.2) is 30.5 Å². The molecule has 0 bridgehead atoms. The summed E-state index contributed by atoms with van der Waals surface area (Å²) in [5.41, 5.74) is 1.97. The molecule has 2 aromatic rings. The summed E-state index contributed by atoms with van der Waals surface area (Å²) in [7, 11) is 0. The Morgan fingerprint density at radius 1 is 1.14 bits per heavy atom. The molecule has 2 aliphatic carbocycles. The van der Waals surface area contributed by atoms with Gasteiger partial charge < -0.3 is 25.5 Å². The first kappa shape index (κ1) is 25.7. The van der Waals surface area contributed by atoms with Crippen LogP contribution in [0.25, 0.3) is 10.9 Å². The fraction of sp³-hybridized carbons (Fsp3) is 0.700. The summed E-state index contributed by atoms with van der Waals surface area (Å²) in [5.74, 6) is 0.555. The highest BCUT2D eigenvalue weighted by Gasteiger charge is 2.61. The number of carbonyl (C=O) groups excluding carboxylic acids is 1. The normalized spacial score (nSPS) is 32.4. The molecule has 2 saturated carbocycles. The molecule has 1 amide bonds. The molecule has 6 nitrogen and oxygen atoms in total. The minimum atomic E-state index is -0.611. The number of H-pyrrole nitrogens is 1. The van der Waals surface area contributed by atoms with Crippen LogP contribution in [0.1, 0.15) is 77.7 Å². The van der Waals surface area contributed by atoms with Crippen LogP contribution in [0.2, 0.25) is 0 Å². The number of aliphatic hydroxyl groups is 1. The molecule has 6 heteroatoms. The second-order valence-electron chi connectivity index (χ2n) is 12.7. The van der Waals surface area contributed by atoms with Crippen molar-refractivity contribution < 1.29 is 14.6 Å². The number of carbonyl (C=O) groups is 1. The smallest absolute Gasteiger partial charge is 0.220 e. The Balaban J connectivity index is 1.24. The number of rotatable bonds is 8. The molecule has 1 aliphatic heterocycles. The molecular weight excluding hydrogens is 450 g/mol. The standard InChI is InChI=1S/C30H45N3O3/c1-28(2)19-26(33-22-10-16-36-17-11-22)30(14-13-29(3,35)18-25(28)30)12-8-27(34)31-15-9-21-20-32-24-7-5-4-6-23(21)24/h4-7,20,22,25-26,32-33,35H,8-19H2,1-3H3,(H,31,34)/t25-,26-,29-,30-/m0/s1. The van der Waals surface area contributed by atoms with Gasteiger partial charge in [-0.1, -0.05) is 32.0 Å². The summed E-state index contributed by atoms with van der Waals surface area (Å²) in [4.78, 5) is 16.4. The van der Waals surface area contributed by atoms with Crippen molar-refractivity contribution in [2.24, 2.45) is 16.7 Å². The lowest BCUT2D eigenvalue weighted by Gasteiger charge is -2.51. The van der Waals surface area contributed by atoms with Crippen LogP contribution < -0.4 is 10.6 Å². The lowest BCUT2D eigenvalue weighted by molar-refractivity contribution is -0.123. The Morgan fingerprint density at radius 3 is 2.72 bits per heavy atom. The lowest BCUT2D eigenvalue weighted by atomic mass is 9.57. The quantitative estimate of drug-likeness (QED) is 0.427. The summed E-state index contributed by atoms with van der Waals surface area (Å²) in [5, 5.41) is 19.5. The molecule has 1 aromatic carbocycles. The SMILES string of the molecule is CC1(C)C[C@H](NC2CCOCC2)[C@@]2(CCC(=O)NCCc3c[nH]c4ccccc34)CC[C@](C)(O)C[C@@H]12. The summed E-state index contributed by atoms with van der Waals surface area (Å²) in [6.45, 7) is 9.07. The van der Waals surface area contributed by atoms with Crippen LogP contribution in [-0.2, 0) is 16.0 Å². The first-order valence-corrected chi connectivity index (χ1v) is 14.1. The molecule has 5 rings (SSSR count). The van der Waals surface area contributed by atoms with E-state index in [0.29, 0.717) is 31.0 Å². The maximum Gasteiger partial charge on any atom is 0.220 e. The van der Waals surface area contributed by atoms with Gasteiger partial charge in [0, 0.05) is 55.4 Å². The Hall–Kier alpha value is -1.89. The maximum absolute atomic E-state index is 13.0. The fourth-order valence-electron chi connectivity index (χ4n) is 7.72. The Morgan fingerprint density at radius 2 is 1.92 bits per heavy atom. The van der Waals surface area contributed by atoms with Gasteiger partial charge in [0.05, 0.1) is 5.60 Å². The number of hydrogen-bond acceptors (Lipinski definition) is 4. The summed E-state index contributed by atoms with van der Waals surface area (Å²) in [6, 6.07) is 9.19. The van der Waals surface area contributed by atoms with Gasteiger partial charge in [0.2, 0.25) is 5.91 Å². The van der Waals surface area contributed by atoms with Gasteiger partial charge in [0.25, 0.3) is 0 Å². The van der Waals surface area contributed by atoms with Crippen molar-refractivity contribution in [1.82, 2.24) is 15.6 Å². The second-order valence-corrected chi connectivity index (χ2v) is 12.7. The second kappa shape index (κ2) is 10.1. The van der Waals surface area contributed by atoms with E-state index in [1.165, 1.54) is 10.9 Å². The summed E-state index contributed by atoms with van der Waals surface area (Å²) in [6.07, 6.45) is 10.2.